The zero-order chi connectivity index (χ0) is 21.6. The highest BCUT2D eigenvalue weighted by Gasteiger charge is 2.53. The maximum atomic E-state index is 13.0. The number of benzene rings is 3. The van der Waals surface area contributed by atoms with E-state index in [0.29, 0.717) is 5.02 Å². The van der Waals surface area contributed by atoms with Gasteiger partial charge >= 0.3 is 0 Å². The maximum Gasteiger partial charge on any atom is 0.283 e. The highest BCUT2D eigenvalue weighted by molar-refractivity contribution is 7.87. The Hall–Kier alpha value is -1.67. The predicted octanol–water partition coefficient (Wildman–Crippen LogP) is 5.89. The lowest BCUT2D eigenvalue weighted by Gasteiger charge is -2.34. The summed E-state index contributed by atoms with van der Waals surface area (Å²) in [7, 11) is -5.14. The van der Waals surface area contributed by atoms with E-state index in [9.17, 15) is 23.2 Å². The standard InChI is InChI=1S/C19H12Cl4O5S/c20-11-3-1-10(2-4-11)19(29(26,27)28,13-6-5-12(21)9-15(13)23)17-16(24)8-7-14(22)18(17)25/h1-9,24-25H,(H,26,27,28). The van der Waals surface area contributed by atoms with Gasteiger partial charge in [-0.15, -0.1) is 0 Å². The van der Waals surface area contributed by atoms with Crippen molar-refractivity contribution in [2.24, 2.45) is 0 Å². The van der Waals surface area contributed by atoms with Crippen molar-refractivity contribution in [2.75, 3.05) is 0 Å². The summed E-state index contributed by atoms with van der Waals surface area (Å²) in [6.45, 7) is 0. The van der Waals surface area contributed by atoms with Crippen LogP contribution in [0.3, 0.4) is 0 Å². The van der Waals surface area contributed by atoms with Crippen LogP contribution < -0.4 is 0 Å². The zero-order valence-corrected chi connectivity index (χ0v) is 18.1. The van der Waals surface area contributed by atoms with E-state index in [2.05, 4.69) is 0 Å². The third kappa shape index (κ3) is 3.65. The Labute approximate surface area is 186 Å². The molecule has 0 amide bonds. The van der Waals surface area contributed by atoms with Gasteiger partial charge in [0.1, 0.15) is 11.5 Å². The first-order valence-electron chi connectivity index (χ1n) is 7.89. The summed E-state index contributed by atoms with van der Waals surface area (Å²) >= 11 is 24.2. The van der Waals surface area contributed by atoms with Crippen LogP contribution in [-0.4, -0.2) is 23.2 Å². The van der Waals surface area contributed by atoms with Crippen molar-refractivity contribution < 1.29 is 23.2 Å². The summed E-state index contributed by atoms with van der Waals surface area (Å²) < 4.78 is 33.8. The predicted molar refractivity (Wildman–Crippen MR) is 114 cm³/mol. The Kier molecular flexibility index (Phi) is 5.98. The Morgan fingerprint density at radius 3 is 1.90 bits per heavy atom. The van der Waals surface area contributed by atoms with Gasteiger partial charge in [-0.25, -0.2) is 0 Å². The fourth-order valence-corrected chi connectivity index (χ4v) is 5.45. The first-order chi connectivity index (χ1) is 13.5. The Balaban J connectivity index is 2.63. The Morgan fingerprint density at radius 1 is 0.759 bits per heavy atom. The lowest BCUT2D eigenvalue weighted by Crippen LogP contribution is -2.38. The minimum absolute atomic E-state index is 0.0542. The number of hydrogen-bond acceptors (Lipinski definition) is 4. The molecular formula is C19H12Cl4O5S. The normalized spacial score (nSPS) is 13.8. The molecule has 0 saturated carbocycles. The van der Waals surface area contributed by atoms with E-state index in [1.165, 1.54) is 48.5 Å². The summed E-state index contributed by atoms with van der Waals surface area (Å²) in [5.41, 5.74) is -0.790. The highest BCUT2D eigenvalue weighted by atomic mass is 35.5. The van der Waals surface area contributed by atoms with Gasteiger partial charge in [0.15, 0.2) is 4.75 Å². The number of aromatic hydroxyl groups is 2. The van der Waals surface area contributed by atoms with Crippen molar-refractivity contribution in [3.05, 3.63) is 91.4 Å². The first kappa shape index (κ1) is 22.0. The summed E-state index contributed by atoms with van der Waals surface area (Å²) in [5, 5.41) is 21.3. The van der Waals surface area contributed by atoms with Crippen molar-refractivity contribution in [3.8, 4) is 11.5 Å². The largest absolute Gasteiger partial charge is 0.507 e. The molecule has 1 atom stereocenters. The van der Waals surface area contributed by atoms with Crippen molar-refractivity contribution in [1.29, 1.82) is 0 Å². The molecule has 3 aromatic rings. The van der Waals surface area contributed by atoms with Crippen molar-refractivity contribution in [2.45, 2.75) is 4.75 Å². The lowest BCUT2D eigenvalue weighted by molar-refractivity contribution is 0.416. The molecular weight excluding hydrogens is 482 g/mol. The van der Waals surface area contributed by atoms with Gasteiger partial charge in [-0.1, -0.05) is 64.6 Å². The first-order valence-corrected chi connectivity index (χ1v) is 10.8. The second-order valence-electron chi connectivity index (χ2n) is 6.08. The van der Waals surface area contributed by atoms with Gasteiger partial charge in [0.25, 0.3) is 10.1 Å². The molecule has 3 aromatic carbocycles. The second kappa shape index (κ2) is 7.87. The van der Waals surface area contributed by atoms with E-state index >= 15 is 0 Å². The van der Waals surface area contributed by atoms with Crippen LogP contribution in [0.25, 0.3) is 0 Å². The Morgan fingerprint density at radius 2 is 1.34 bits per heavy atom. The minimum atomic E-state index is -5.14. The highest BCUT2D eigenvalue weighted by Crippen LogP contribution is 2.53. The van der Waals surface area contributed by atoms with Gasteiger partial charge < -0.3 is 10.2 Å². The SMILES string of the molecule is O=S(=O)(O)C(c1ccc(Cl)cc1)(c1ccc(Cl)cc1Cl)c1c(O)ccc(Cl)c1O. The summed E-state index contributed by atoms with van der Waals surface area (Å²) in [4.78, 5) is 0. The van der Waals surface area contributed by atoms with Gasteiger partial charge in [0.2, 0.25) is 0 Å². The molecule has 0 saturated heterocycles. The van der Waals surface area contributed by atoms with Crippen LogP contribution in [0.2, 0.25) is 20.1 Å². The number of rotatable bonds is 4. The molecule has 0 fully saturated rings. The molecule has 3 rings (SSSR count). The number of phenolic OH excluding ortho intramolecular Hbond substituents is 2. The summed E-state index contributed by atoms with van der Waals surface area (Å²) in [6.07, 6.45) is 0. The molecule has 0 aliphatic heterocycles. The molecule has 0 radical (unpaired) electrons. The van der Waals surface area contributed by atoms with E-state index in [-0.39, 0.29) is 26.2 Å². The fraction of sp³-hybridized carbons (Fsp3) is 0.0526. The molecule has 10 heteroatoms. The van der Waals surface area contributed by atoms with E-state index in [1.54, 1.807) is 0 Å². The van der Waals surface area contributed by atoms with Crippen LogP contribution in [0.5, 0.6) is 11.5 Å². The molecule has 5 nitrogen and oxygen atoms in total. The topological polar surface area (TPSA) is 94.8 Å². The molecule has 0 aliphatic rings. The molecule has 152 valence electrons. The van der Waals surface area contributed by atoms with Crippen LogP contribution in [-0.2, 0) is 14.9 Å². The van der Waals surface area contributed by atoms with E-state index in [4.69, 9.17) is 46.4 Å². The Bertz CT molecular complexity index is 1200. The maximum absolute atomic E-state index is 13.0. The van der Waals surface area contributed by atoms with Gasteiger partial charge in [0, 0.05) is 20.6 Å². The molecule has 0 aromatic heterocycles. The summed E-state index contributed by atoms with van der Waals surface area (Å²) in [6, 6.07) is 11.6. The minimum Gasteiger partial charge on any atom is -0.507 e. The monoisotopic (exact) mass is 492 g/mol. The average molecular weight is 494 g/mol. The van der Waals surface area contributed by atoms with Crippen molar-refractivity contribution in [1.82, 2.24) is 0 Å². The number of halogens is 4. The molecule has 3 N–H and O–H groups in total. The van der Waals surface area contributed by atoms with Crippen LogP contribution in [0.4, 0.5) is 0 Å². The quantitative estimate of drug-likeness (QED) is 0.311. The van der Waals surface area contributed by atoms with Gasteiger partial charge in [0.05, 0.1) is 10.6 Å². The molecule has 0 aliphatic carbocycles. The molecule has 0 bridgehead atoms. The van der Waals surface area contributed by atoms with E-state index in [1.807, 2.05) is 0 Å². The van der Waals surface area contributed by atoms with Crippen LogP contribution in [0.15, 0.2) is 54.6 Å². The van der Waals surface area contributed by atoms with Gasteiger partial charge in [-0.2, -0.15) is 8.42 Å². The molecule has 29 heavy (non-hydrogen) atoms. The fourth-order valence-electron chi connectivity index (χ4n) is 3.21. The average Bonchev–Trinajstić information content (AvgIpc) is 2.63. The van der Waals surface area contributed by atoms with Crippen molar-refractivity contribution >= 4 is 56.5 Å². The van der Waals surface area contributed by atoms with Crippen LogP contribution in [0, 0.1) is 0 Å². The van der Waals surface area contributed by atoms with Crippen molar-refractivity contribution in [3.63, 3.8) is 0 Å². The van der Waals surface area contributed by atoms with Gasteiger partial charge in [-0.05, 0) is 42.0 Å². The lowest BCUT2D eigenvalue weighted by atomic mass is 9.83. The smallest absolute Gasteiger partial charge is 0.283 e. The summed E-state index contributed by atoms with van der Waals surface area (Å²) in [5.74, 6) is -1.38. The van der Waals surface area contributed by atoms with Crippen LogP contribution >= 0.6 is 46.4 Å². The molecule has 1 unspecified atom stereocenters. The third-order valence-electron chi connectivity index (χ3n) is 4.41. The zero-order valence-electron chi connectivity index (χ0n) is 14.3. The number of phenols is 2. The number of hydrogen-bond donors (Lipinski definition) is 3. The van der Waals surface area contributed by atoms with Gasteiger partial charge in [-0.3, -0.25) is 4.55 Å². The van der Waals surface area contributed by atoms with Crippen LogP contribution in [0.1, 0.15) is 16.7 Å². The van der Waals surface area contributed by atoms with E-state index in [0.717, 1.165) is 6.07 Å². The molecule has 0 heterocycles. The van der Waals surface area contributed by atoms with E-state index < -0.39 is 31.9 Å². The second-order valence-corrected chi connectivity index (χ2v) is 9.33. The molecule has 0 spiro atoms. The third-order valence-corrected chi connectivity index (χ3v) is 6.95.